The number of rotatable bonds is 5. The molecular weight excluding hydrogens is 224 g/mol. The first kappa shape index (κ1) is 11.4. The van der Waals surface area contributed by atoms with Crippen LogP contribution in [-0.2, 0) is 11.2 Å². The Hall–Kier alpha value is -1.10. The molecule has 0 atom stereocenters. The number of carbonyl (C=O) groups is 1. The van der Waals surface area contributed by atoms with Crippen molar-refractivity contribution in [3.63, 3.8) is 0 Å². The van der Waals surface area contributed by atoms with Crippen LogP contribution in [0, 0.1) is 0 Å². The highest BCUT2D eigenvalue weighted by Gasteiger charge is 2.15. The summed E-state index contributed by atoms with van der Waals surface area (Å²) in [4.78, 5) is 17.2. The van der Waals surface area contributed by atoms with Gasteiger partial charge in [-0.1, -0.05) is 0 Å². The fourth-order valence-corrected chi connectivity index (χ4v) is 2.80. The third-order valence-electron chi connectivity index (χ3n) is 2.74. The van der Waals surface area contributed by atoms with E-state index in [1.807, 2.05) is 0 Å². The van der Waals surface area contributed by atoms with Crippen LogP contribution in [0.25, 0.3) is 0 Å². The minimum absolute atomic E-state index is 0.233. The zero-order valence-corrected chi connectivity index (χ0v) is 10.0. The van der Waals surface area contributed by atoms with Gasteiger partial charge in [-0.2, -0.15) is 0 Å². The van der Waals surface area contributed by atoms with Crippen molar-refractivity contribution >= 4 is 22.4 Å². The Balaban J connectivity index is 1.84. The Morgan fingerprint density at radius 1 is 1.50 bits per heavy atom. The molecule has 0 radical (unpaired) electrons. The molecule has 0 spiro atoms. The molecule has 1 aromatic heterocycles. The van der Waals surface area contributed by atoms with E-state index in [0.717, 1.165) is 30.3 Å². The van der Waals surface area contributed by atoms with Gasteiger partial charge in [0.25, 0.3) is 0 Å². The van der Waals surface area contributed by atoms with Gasteiger partial charge in [0.1, 0.15) is 0 Å². The van der Waals surface area contributed by atoms with Crippen LogP contribution in [0.1, 0.15) is 31.4 Å². The number of carboxylic acids is 1. The summed E-state index contributed by atoms with van der Waals surface area (Å²) >= 11 is 1.67. The van der Waals surface area contributed by atoms with E-state index in [9.17, 15) is 4.79 Å². The molecule has 2 rings (SSSR count). The number of hydrogen-bond acceptors (Lipinski definition) is 4. The van der Waals surface area contributed by atoms with Crippen LogP contribution >= 0.6 is 11.3 Å². The van der Waals surface area contributed by atoms with Crippen LogP contribution in [0.15, 0.2) is 5.38 Å². The Bertz CT molecular complexity index is 359. The van der Waals surface area contributed by atoms with Crippen LogP contribution in [0.5, 0.6) is 0 Å². The van der Waals surface area contributed by atoms with Crippen molar-refractivity contribution < 1.29 is 9.90 Å². The molecule has 0 amide bonds. The number of aliphatic carboxylic acids is 1. The molecule has 1 N–H and O–H groups in total. The molecule has 0 aromatic carbocycles. The second kappa shape index (κ2) is 5.30. The molecule has 88 valence electrons. The molecule has 1 aliphatic heterocycles. The normalized spacial score (nSPS) is 15.6. The van der Waals surface area contributed by atoms with E-state index in [2.05, 4.69) is 15.3 Å². The maximum absolute atomic E-state index is 10.4. The second-order valence-electron chi connectivity index (χ2n) is 4.06. The number of anilines is 1. The monoisotopic (exact) mass is 240 g/mol. The van der Waals surface area contributed by atoms with Gasteiger partial charge in [0.15, 0.2) is 5.13 Å². The summed E-state index contributed by atoms with van der Waals surface area (Å²) in [5.74, 6) is -0.727. The van der Waals surface area contributed by atoms with Crippen LogP contribution in [0.3, 0.4) is 0 Å². The Labute approximate surface area is 98.9 Å². The summed E-state index contributed by atoms with van der Waals surface area (Å²) in [6.07, 6.45) is 4.20. The van der Waals surface area contributed by atoms with Crippen LogP contribution in [0.2, 0.25) is 0 Å². The molecule has 2 heterocycles. The molecule has 0 unspecified atom stereocenters. The minimum atomic E-state index is -0.727. The van der Waals surface area contributed by atoms with E-state index < -0.39 is 5.97 Å². The van der Waals surface area contributed by atoms with Crippen LogP contribution in [-0.4, -0.2) is 29.1 Å². The van der Waals surface area contributed by atoms with Crippen molar-refractivity contribution in [2.24, 2.45) is 0 Å². The maximum atomic E-state index is 10.4. The van der Waals surface area contributed by atoms with E-state index in [0.29, 0.717) is 6.42 Å². The Morgan fingerprint density at radius 2 is 2.25 bits per heavy atom. The van der Waals surface area contributed by atoms with Crippen molar-refractivity contribution in [2.75, 3.05) is 18.0 Å². The first-order valence-corrected chi connectivity index (χ1v) is 6.55. The molecular formula is C11H16N2O2S. The van der Waals surface area contributed by atoms with Crippen LogP contribution in [0.4, 0.5) is 5.13 Å². The molecule has 16 heavy (non-hydrogen) atoms. The minimum Gasteiger partial charge on any atom is -0.481 e. The number of thiazole rings is 1. The molecule has 1 aromatic rings. The molecule has 1 fully saturated rings. The molecule has 1 aliphatic rings. The quantitative estimate of drug-likeness (QED) is 0.856. The fraction of sp³-hybridized carbons (Fsp3) is 0.636. The first-order valence-electron chi connectivity index (χ1n) is 5.67. The standard InChI is InChI=1S/C11H16N2O2S/c14-10(15)5-3-4-9-8-16-11(12-9)13-6-1-2-7-13/h8H,1-7H2,(H,14,15). The number of carboxylic acid groups (broad SMARTS) is 1. The van der Waals surface area contributed by atoms with Gasteiger partial charge >= 0.3 is 5.97 Å². The Morgan fingerprint density at radius 3 is 2.94 bits per heavy atom. The van der Waals surface area contributed by atoms with Crippen molar-refractivity contribution in [3.8, 4) is 0 Å². The fourth-order valence-electron chi connectivity index (χ4n) is 1.89. The van der Waals surface area contributed by atoms with Crippen molar-refractivity contribution in [3.05, 3.63) is 11.1 Å². The highest BCUT2D eigenvalue weighted by Crippen LogP contribution is 2.24. The SMILES string of the molecule is O=C(O)CCCc1csc(N2CCCC2)n1. The van der Waals surface area contributed by atoms with Gasteiger partial charge in [-0.3, -0.25) is 4.79 Å². The molecule has 0 saturated carbocycles. The number of hydrogen-bond donors (Lipinski definition) is 1. The molecule has 0 aliphatic carbocycles. The lowest BCUT2D eigenvalue weighted by atomic mass is 10.2. The van der Waals surface area contributed by atoms with E-state index in [-0.39, 0.29) is 6.42 Å². The van der Waals surface area contributed by atoms with Gasteiger partial charge in [0.05, 0.1) is 5.69 Å². The van der Waals surface area contributed by atoms with Gasteiger partial charge in [-0.05, 0) is 25.7 Å². The molecule has 0 bridgehead atoms. The van der Waals surface area contributed by atoms with E-state index in [1.54, 1.807) is 11.3 Å². The lowest BCUT2D eigenvalue weighted by molar-refractivity contribution is -0.137. The highest BCUT2D eigenvalue weighted by molar-refractivity contribution is 7.13. The third kappa shape index (κ3) is 2.95. The van der Waals surface area contributed by atoms with Crippen molar-refractivity contribution in [2.45, 2.75) is 32.1 Å². The summed E-state index contributed by atoms with van der Waals surface area (Å²) in [7, 11) is 0. The summed E-state index contributed by atoms with van der Waals surface area (Å²) in [5.41, 5.74) is 1.04. The zero-order valence-electron chi connectivity index (χ0n) is 9.19. The summed E-state index contributed by atoms with van der Waals surface area (Å²) in [6.45, 7) is 2.23. The summed E-state index contributed by atoms with van der Waals surface area (Å²) in [6, 6.07) is 0. The predicted octanol–water partition coefficient (Wildman–Crippen LogP) is 2.15. The average molecular weight is 240 g/mol. The van der Waals surface area contributed by atoms with E-state index in [1.165, 1.54) is 12.8 Å². The summed E-state index contributed by atoms with van der Waals surface area (Å²) in [5, 5.41) is 11.7. The Kier molecular flexibility index (Phi) is 3.77. The number of nitrogens with zero attached hydrogens (tertiary/aromatic N) is 2. The third-order valence-corrected chi connectivity index (χ3v) is 3.69. The largest absolute Gasteiger partial charge is 0.481 e. The lowest BCUT2D eigenvalue weighted by Gasteiger charge is -2.12. The zero-order chi connectivity index (χ0) is 11.4. The van der Waals surface area contributed by atoms with Crippen LogP contribution < -0.4 is 4.90 Å². The van der Waals surface area contributed by atoms with Gasteiger partial charge in [-0.25, -0.2) is 4.98 Å². The highest BCUT2D eigenvalue weighted by atomic mass is 32.1. The molecule has 4 nitrogen and oxygen atoms in total. The van der Waals surface area contributed by atoms with Crippen molar-refractivity contribution in [1.29, 1.82) is 0 Å². The average Bonchev–Trinajstić information content (AvgIpc) is 2.85. The first-order chi connectivity index (χ1) is 7.75. The predicted molar refractivity (Wildman–Crippen MR) is 64.1 cm³/mol. The van der Waals surface area contributed by atoms with Gasteiger partial charge in [-0.15, -0.1) is 11.3 Å². The topological polar surface area (TPSA) is 53.4 Å². The number of aryl methyl sites for hydroxylation is 1. The lowest BCUT2D eigenvalue weighted by Crippen LogP contribution is -2.17. The molecule has 5 heteroatoms. The summed E-state index contributed by atoms with van der Waals surface area (Å²) < 4.78 is 0. The number of aromatic nitrogens is 1. The van der Waals surface area contributed by atoms with E-state index >= 15 is 0 Å². The van der Waals surface area contributed by atoms with Crippen molar-refractivity contribution in [1.82, 2.24) is 4.98 Å². The maximum Gasteiger partial charge on any atom is 0.303 e. The second-order valence-corrected chi connectivity index (χ2v) is 4.90. The molecule has 1 saturated heterocycles. The van der Waals surface area contributed by atoms with E-state index in [4.69, 9.17) is 5.11 Å². The van der Waals surface area contributed by atoms with Gasteiger partial charge < -0.3 is 10.0 Å². The smallest absolute Gasteiger partial charge is 0.303 e. The van der Waals surface area contributed by atoms with Gasteiger partial charge in [0, 0.05) is 24.9 Å². The van der Waals surface area contributed by atoms with Gasteiger partial charge in [0.2, 0.25) is 0 Å².